The van der Waals surface area contributed by atoms with Crippen molar-refractivity contribution < 1.29 is 19.3 Å². The van der Waals surface area contributed by atoms with Crippen molar-refractivity contribution in [2.75, 3.05) is 11.4 Å². The van der Waals surface area contributed by atoms with Gasteiger partial charge in [0.1, 0.15) is 6.04 Å². The molecule has 3 amide bonds. The molecule has 4 rings (SSSR count). The van der Waals surface area contributed by atoms with Gasteiger partial charge in [-0.25, -0.2) is 4.90 Å². The molecule has 1 fully saturated rings. The van der Waals surface area contributed by atoms with Crippen molar-refractivity contribution in [2.24, 2.45) is 0 Å². The molecule has 0 aromatic heterocycles. The smallest absolute Gasteiger partial charge is 0.270 e. The van der Waals surface area contributed by atoms with E-state index in [0.717, 1.165) is 36.1 Å². The molecule has 0 radical (unpaired) electrons. The first kappa shape index (κ1) is 23.4. The Morgan fingerprint density at radius 1 is 1.15 bits per heavy atom. The Bertz CT molecular complexity index is 1160. The Morgan fingerprint density at radius 2 is 1.91 bits per heavy atom. The van der Waals surface area contributed by atoms with Gasteiger partial charge in [-0.05, 0) is 57.2 Å². The standard InChI is InChI=1S/C26H27N3O5/c1-18-10-12-21(13-11-18)28-24(30)17-23(26(28)32)27(15-14-19-6-3-2-4-7-19)25(31)20-8-5-9-22(16-20)29(33)34/h5-6,8-13,16,23H,2-4,7,14-15,17H2,1H3. The Balaban J connectivity index is 1.63. The second-order valence-electron chi connectivity index (χ2n) is 8.79. The van der Waals surface area contributed by atoms with Gasteiger partial charge in [0.25, 0.3) is 17.5 Å². The number of nitrogens with zero attached hydrogens (tertiary/aromatic N) is 3. The SMILES string of the molecule is Cc1ccc(N2C(=O)CC(N(CCC3=CCCCC3)C(=O)c3cccc([N+](=O)[O-])c3)C2=O)cc1. The minimum absolute atomic E-state index is 0.119. The first-order valence-corrected chi connectivity index (χ1v) is 11.5. The first-order chi connectivity index (χ1) is 16.3. The fraction of sp³-hybridized carbons (Fsp3) is 0.346. The molecule has 1 atom stereocenters. The second-order valence-corrected chi connectivity index (χ2v) is 8.79. The molecule has 0 N–H and O–H groups in total. The predicted octanol–water partition coefficient (Wildman–Crippen LogP) is 4.57. The average Bonchev–Trinajstić information content (AvgIpc) is 3.14. The lowest BCUT2D eigenvalue weighted by Gasteiger charge is -2.28. The molecule has 8 nitrogen and oxygen atoms in total. The minimum Gasteiger partial charge on any atom is -0.326 e. The van der Waals surface area contributed by atoms with Crippen LogP contribution in [0.4, 0.5) is 11.4 Å². The molecule has 1 heterocycles. The van der Waals surface area contributed by atoms with E-state index in [9.17, 15) is 24.5 Å². The van der Waals surface area contributed by atoms with Crippen molar-refractivity contribution in [1.82, 2.24) is 4.90 Å². The van der Waals surface area contributed by atoms with Crippen LogP contribution in [0.15, 0.2) is 60.2 Å². The van der Waals surface area contributed by atoms with Crippen molar-refractivity contribution in [1.29, 1.82) is 0 Å². The summed E-state index contributed by atoms with van der Waals surface area (Å²) in [6.07, 6.45) is 6.84. The Kier molecular flexibility index (Phi) is 6.86. The summed E-state index contributed by atoms with van der Waals surface area (Å²) in [5, 5.41) is 11.2. The van der Waals surface area contributed by atoms with Crippen molar-refractivity contribution in [3.05, 3.63) is 81.4 Å². The number of imide groups is 1. The lowest BCUT2D eigenvalue weighted by atomic mass is 9.96. The van der Waals surface area contributed by atoms with Crippen molar-refractivity contribution >= 4 is 29.1 Å². The quantitative estimate of drug-likeness (QED) is 0.260. The third-order valence-corrected chi connectivity index (χ3v) is 6.41. The largest absolute Gasteiger partial charge is 0.326 e. The monoisotopic (exact) mass is 461 g/mol. The van der Waals surface area contributed by atoms with Crippen molar-refractivity contribution in [2.45, 2.75) is 51.5 Å². The number of carbonyl (C=O) groups is 3. The summed E-state index contributed by atoms with van der Waals surface area (Å²) >= 11 is 0. The molecule has 1 aliphatic heterocycles. The number of allylic oxidation sites excluding steroid dienone is 1. The second kappa shape index (κ2) is 9.99. The number of carbonyl (C=O) groups excluding carboxylic acids is 3. The highest BCUT2D eigenvalue weighted by Gasteiger charge is 2.44. The van der Waals surface area contributed by atoms with Gasteiger partial charge in [0.05, 0.1) is 17.0 Å². The zero-order valence-electron chi connectivity index (χ0n) is 19.1. The van der Waals surface area contributed by atoms with Crippen LogP contribution in [0.3, 0.4) is 0 Å². The summed E-state index contributed by atoms with van der Waals surface area (Å²) in [4.78, 5) is 53.0. The maximum atomic E-state index is 13.5. The fourth-order valence-corrected chi connectivity index (χ4v) is 4.54. The number of nitro groups is 1. The number of amides is 3. The van der Waals surface area contributed by atoms with Gasteiger partial charge >= 0.3 is 0 Å². The molecular formula is C26H27N3O5. The number of aryl methyl sites for hydroxylation is 1. The van der Waals surface area contributed by atoms with Crippen LogP contribution in [0.25, 0.3) is 0 Å². The fourth-order valence-electron chi connectivity index (χ4n) is 4.54. The average molecular weight is 462 g/mol. The van der Waals surface area contributed by atoms with Crippen LogP contribution < -0.4 is 4.90 Å². The third-order valence-electron chi connectivity index (χ3n) is 6.41. The van der Waals surface area contributed by atoms with Gasteiger partial charge in [-0.3, -0.25) is 24.5 Å². The Morgan fingerprint density at radius 3 is 2.59 bits per heavy atom. The minimum atomic E-state index is -0.954. The zero-order chi connectivity index (χ0) is 24.2. The van der Waals surface area contributed by atoms with Crippen LogP contribution in [0, 0.1) is 17.0 Å². The van der Waals surface area contributed by atoms with Gasteiger partial charge in [0, 0.05) is 24.2 Å². The number of anilines is 1. The molecule has 0 spiro atoms. The molecule has 0 bridgehead atoms. The van der Waals surface area contributed by atoms with E-state index in [1.807, 2.05) is 19.1 Å². The topological polar surface area (TPSA) is 101 Å². The summed E-state index contributed by atoms with van der Waals surface area (Å²) in [5.41, 5.74) is 2.63. The highest BCUT2D eigenvalue weighted by Crippen LogP contribution is 2.29. The Labute approximate surface area is 198 Å². The summed E-state index contributed by atoms with van der Waals surface area (Å²) in [6, 6.07) is 11.6. The molecular weight excluding hydrogens is 434 g/mol. The molecule has 2 aromatic carbocycles. The molecule has 8 heteroatoms. The van der Waals surface area contributed by atoms with Crippen LogP contribution in [0.2, 0.25) is 0 Å². The molecule has 0 saturated carbocycles. The molecule has 2 aromatic rings. The van der Waals surface area contributed by atoms with E-state index in [1.165, 1.54) is 34.7 Å². The van der Waals surface area contributed by atoms with Gasteiger partial charge in [-0.2, -0.15) is 0 Å². The number of rotatable bonds is 7. The van der Waals surface area contributed by atoms with Crippen LogP contribution in [-0.2, 0) is 9.59 Å². The first-order valence-electron chi connectivity index (χ1n) is 11.5. The van der Waals surface area contributed by atoms with E-state index in [1.54, 1.807) is 12.1 Å². The van der Waals surface area contributed by atoms with Crippen LogP contribution >= 0.6 is 0 Å². The highest BCUT2D eigenvalue weighted by molar-refractivity contribution is 6.23. The normalized spacial score (nSPS) is 18.1. The molecule has 1 aliphatic carbocycles. The lowest BCUT2D eigenvalue weighted by molar-refractivity contribution is -0.384. The van der Waals surface area contributed by atoms with E-state index in [2.05, 4.69) is 6.08 Å². The number of hydrogen-bond donors (Lipinski definition) is 0. The van der Waals surface area contributed by atoms with Crippen molar-refractivity contribution in [3.63, 3.8) is 0 Å². The summed E-state index contributed by atoms with van der Waals surface area (Å²) in [6.45, 7) is 2.18. The van der Waals surface area contributed by atoms with Crippen LogP contribution in [-0.4, -0.2) is 40.1 Å². The van der Waals surface area contributed by atoms with E-state index in [-0.39, 0.29) is 30.1 Å². The van der Waals surface area contributed by atoms with Gasteiger partial charge < -0.3 is 4.90 Å². The number of non-ortho nitro benzene ring substituents is 1. The summed E-state index contributed by atoms with van der Waals surface area (Å²) < 4.78 is 0. The lowest BCUT2D eigenvalue weighted by Crippen LogP contribution is -2.46. The van der Waals surface area contributed by atoms with Gasteiger partial charge in [-0.1, -0.05) is 35.4 Å². The molecule has 1 unspecified atom stereocenters. The molecule has 176 valence electrons. The highest BCUT2D eigenvalue weighted by atomic mass is 16.6. The van der Waals surface area contributed by atoms with Crippen LogP contribution in [0.5, 0.6) is 0 Å². The molecule has 34 heavy (non-hydrogen) atoms. The molecule has 2 aliphatic rings. The van der Waals surface area contributed by atoms with E-state index in [0.29, 0.717) is 12.1 Å². The third kappa shape index (κ3) is 4.90. The maximum Gasteiger partial charge on any atom is 0.270 e. The van der Waals surface area contributed by atoms with Gasteiger partial charge in [-0.15, -0.1) is 0 Å². The molecule has 1 saturated heterocycles. The number of nitro benzene ring substituents is 1. The summed E-state index contributed by atoms with van der Waals surface area (Å²) in [5.74, 6) is -1.31. The maximum absolute atomic E-state index is 13.5. The predicted molar refractivity (Wildman–Crippen MR) is 127 cm³/mol. The van der Waals surface area contributed by atoms with Gasteiger partial charge in [0.15, 0.2) is 0 Å². The zero-order valence-corrected chi connectivity index (χ0v) is 19.1. The van der Waals surface area contributed by atoms with Gasteiger partial charge in [0.2, 0.25) is 5.91 Å². The Hall–Kier alpha value is -3.81. The number of hydrogen-bond acceptors (Lipinski definition) is 5. The van der Waals surface area contributed by atoms with Crippen molar-refractivity contribution in [3.8, 4) is 0 Å². The summed E-state index contributed by atoms with van der Waals surface area (Å²) in [7, 11) is 0. The van der Waals surface area contributed by atoms with Crippen LogP contribution in [0.1, 0.15) is 54.4 Å². The van der Waals surface area contributed by atoms with E-state index < -0.39 is 22.8 Å². The number of benzene rings is 2. The van der Waals surface area contributed by atoms with E-state index >= 15 is 0 Å². The van der Waals surface area contributed by atoms with E-state index in [4.69, 9.17) is 0 Å².